The summed E-state index contributed by atoms with van der Waals surface area (Å²) < 4.78 is 10.7. The first kappa shape index (κ1) is 67.9. The van der Waals surface area contributed by atoms with E-state index >= 15 is 0 Å². The number of ether oxygens (including phenoxy) is 2. The van der Waals surface area contributed by atoms with Crippen LogP contribution in [-0.2, 0) is 19.1 Å². The molecule has 5 nitrogen and oxygen atoms in total. The van der Waals surface area contributed by atoms with Gasteiger partial charge in [0.15, 0.2) is 6.10 Å². The van der Waals surface area contributed by atoms with E-state index in [-0.39, 0.29) is 25.2 Å². The van der Waals surface area contributed by atoms with E-state index in [2.05, 4.69) is 62.5 Å². The molecule has 5 heteroatoms. The second kappa shape index (κ2) is 61.2. The van der Waals surface area contributed by atoms with Gasteiger partial charge >= 0.3 is 11.9 Å². The quantitative estimate of drug-likeness (QED) is 0.0373. The van der Waals surface area contributed by atoms with Crippen LogP contribution in [0.4, 0.5) is 0 Å². The van der Waals surface area contributed by atoms with E-state index in [1.807, 2.05) is 0 Å². The molecule has 1 unspecified atom stereocenters. The summed E-state index contributed by atoms with van der Waals surface area (Å²) in [5.74, 6) is -0.584. The summed E-state index contributed by atoms with van der Waals surface area (Å²) >= 11 is 0. The van der Waals surface area contributed by atoms with Crippen LogP contribution in [0.15, 0.2) is 48.6 Å². The van der Waals surface area contributed by atoms with Gasteiger partial charge in [0.25, 0.3) is 0 Å². The molecule has 0 heterocycles. The van der Waals surface area contributed by atoms with Gasteiger partial charge in [0.05, 0.1) is 6.61 Å². The maximum Gasteiger partial charge on any atom is 0.306 e. The molecule has 0 aliphatic rings. The summed E-state index contributed by atoms with van der Waals surface area (Å²) in [5.41, 5.74) is 0. The summed E-state index contributed by atoms with van der Waals surface area (Å²) in [7, 11) is 0. The van der Waals surface area contributed by atoms with Crippen molar-refractivity contribution in [3.63, 3.8) is 0 Å². The lowest BCUT2D eigenvalue weighted by atomic mass is 10.0. The van der Waals surface area contributed by atoms with Gasteiger partial charge < -0.3 is 14.6 Å². The monoisotopic (exact) mass is 981 g/mol. The first-order valence-corrected chi connectivity index (χ1v) is 31.2. The Hall–Kier alpha value is -2.14. The number of unbranched alkanes of at least 4 members (excludes halogenated alkanes) is 42. The molecule has 0 saturated carbocycles. The summed E-state index contributed by atoms with van der Waals surface area (Å²) in [6, 6.07) is 0. The van der Waals surface area contributed by atoms with Crippen molar-refractivity contribution in [2.45, 2.75) is 341 Å². The van der Waals surface area contributed by atoms with E-state index in [1.54, 1.807) is 0 Å². The Morgan fingerprint density at radius 3 is 0.871 bits per heavy atom. The minimum Gasteiger partial charge on any atom is -0.462 e. The van der Waals surface area contributed by atoms with Crippen molar-refractivity contribution in [2.24, 2.45) is 0 Å². The topological polar surface area (TPSA) is 72.8 Å². The van der Waals surface area contributed by atoms with E-state index in [4.69, 9.17) is 9.47 Å². The molecule has 0 aromatic heterocycles. The number of rotatable bonds is 58. The largest absolute Gasteiger partial charge is 0.462 e. The molecule has 70 heavy (non-hydrogen) atoms. The Morgan fingerprint density at radius 1 is 0.329 bits per heavy atom. The summed E-state index contributed by atoms with van der Waals surface area (Å²) in [6.07, 6.45) is 81.1. The third kappa shape index (κ3) is 58.4. The van der Waals surface area contributed by atoms with Crippen LogP contribution in [0.1, 0.15) is 335 Å². The van der Waals surface area contributed by atoms with Crippen LogP contribution in [0.2, 0.25) is 0 Å². The van der Waals surface area contributed by atoms with Crippen LogP contribution in [-0.4, -0.2) is 36.4 Å². The van der Waals surface area contributed by atoms with E-state index in [0.717, 1.165) is 51.4 Å². The molecular formula is C65H120O5. The molecule has 1 N–H and O–H groups in total. The molecule has 0 fully saturated rings. The van der Waals surface area contributed by atoms with E-state index in [9.17, 15) is 14.7 Å². The van der Waals surface area contributed by atoms with Crippen molar-refractivity contribution in [1.29, 1.82) is 0 Å². The van der Waals surface area contributed by atoms with Crippen LogP contribution in [0.3, 0.4) is 0 Å². The van der Waals surface area contributed by atoms with Gasteiger partial charge in [0.1, 0.15) is 6.61 Å². The van der Waals surface area contributed by atoms with Crippen molar-refractivity contribution >= 4 is 11.9 Å². The Balaban J connectivity index is 3.43. The summed E-state index contributed by atoms with van der Waals surface area (Å²) in [5, 5.41) is 9.67. The zero-order valence-corrected chi connectivity index (χ0v) is 47.0. The second-order valence-corrected chi connectivity index (χ2v) is 21.1. The van der Waals surface area contributed by atoms with Crippen LogP contribution in [0.5, 0.6) is 0 Å². The average molecular weight is 982 g/mol. The van der Waals surface area contributed by atoms with Crippen LogP contribution in [0.25, 0.3) is 0 Å². The first-order valence-electron chi connectivity index (χ1n) is 31.2. The highest BCUT2D eigenvalue weighted by Gasteiger charge is 2.16. The number of allylic oxidation sites excluding steroid dienone is 8. The highest BCUT2D eigenvalue weighted by Crippen LogP contribution is 2.17. The van der Waals surface area contributed by atoms with Crippen molar-refractivity contribution in [2.75, 3.05) is 13.2 Å². The van der Waals surface area contributed by atoms with Gasteiger partial charge in [-0.15, -0.1) is 0 Å². The average Bonchev–Trinajstić information content (AvgIpc) is 3.36. The Morgan fingerprint density at radius 2 is 0.571 bits per heavy atom. The van der Waals surface area contributed by atoms with Gasteiger partial charge in [-0.2, -0.15) is 0 Å². The Labute approximate surface area is 437 Å². The van der Waals surface area contributed by atoms with Gasteiger partial charge in [0.2, 0.25) is 0 Å². The fourth-order valence-corrected chi connectivity index (χ4v) is 9.38. The molecule has 0 aromatic rings. The number of carbonyl (C=O) groups excluding carboxylic acids is 2. The van der Waals surface area contributed by atoms with Gasteiger partial charge in [-0.1, -0.05) is 294 Å². The van der Waals surface area contributed by atoms with Crippen LogP contribution < -0.4 is 0 Å². The molecule has 1 atom stereocenters. The molecule has 0 aromatic carbocycles. The van der Waals surface area contributed by atoms with Crippen LogP contribution in [0, 0.1) is 0 Å². The number of aliphatic hydroxyl groups excluding tert-OH is 1. The molecule has 0 aliphatic heterocycles. The SMILES string of the molecule is CCCCCCC/C=C\C/C=C\C/C=C\CCCCCCCCCCC(=O)OC(CO)COC(=O)CCCCCCCCCCCCCCCCCCCCCCC/C=C\CCCCCCCCCC. The lowest BCUT2D eigenvalue weighted by Gasteiger charge is -2.15. The van der Waals surface area contributed by atoms with Crippen molar-refractivity contribution < 1.29 is 24.2 Å². The predicted octanol–water partition coefficient (Wildman–Crippen LogP) is 21.2. The minimum atomic E-state index is -0.776. The molecule has 0 bridgehead atoms. The normalized spacial score (nSPS) is 12.4. The van der Waals surface area contributed by atoms with E-state index in [1.165, 1.54) is 257 Å². The van der Waals surface area contributed by atoms with Gasteiger partial charge in [-0.25, -0.2) is 0 Å². The predicted molar refractivity (Wildman–Crippen MR) is 307 cm³/mol. The van der Waals surface area contributed by atoms with Crippen LogP contribution >= 0.6 is 0 Å². The molecule has 410 valence electrons. The van der Waals surface area contributed by atoms with Crippen molar-refractivity contribution in [3.05, 3.63) is 48.6 Å². The maximum atomic E-state index is 12.3. The highest BCUT2D eigenvalue weighted by molar-refractivity contribution is 5.70. The number of hydrogen-bond acceptors (Lipinski definition) is 5. The molecule has 0 radical (unpaired) electrons. The number of hydrogen-bond donors (Lipinski definition) is 1. The van der Waals surface area contributed by atoms with Gasteiger partial charge in [-0.3, -0.25) is 9.59 Å². The van der Waals surface area contributed by atoms with E-state index < -0.39 is 6.10 Å². The molecule has 0 rings (SSSR count). The summed E-state index contributed by atoms with van der Waals surface area (Å²) in [6.45, 7) is 4.16. The number of esters is 2. The maximum absolute atomic E-state index is 12.3. The molecule has 0 amide bonds. The highest BCUT2D eigenvalue weighted by atomic mass is 16.6. The minimum absolute atomic E-state index is 0.0660. The first-order chi connectivity index (χ1) is 34.6. The number of aliphatic hydroxyl groups is 1. The Bertz CT molecular complexity index is 1150. The third-order valence-corrected chi connectivity index (χ3v) is 14.1. The zero-order chi connectivity index (χ0) is 50.6. The fourth-order valence-electron chi connectivity index (χ4n) is 9.38. The zero-order valence-electron chi connectivity index (χ0n) is 47.0. The second-order valence-electron chi connectivity index (χ2n) is 21.1. The molecule has 0 aliphatic carbocycles. The van der Waals surface area contributed by atoms with Gasteiger partial charge in [0, 0.05) is 12.8 Å². The lowest BCUT2D eigenvalue weighted by Crippen LogP contribution is -2.28. The molecular weight excluding hydrogens is 861 g/mol. The van der Waals surface area contributed by atoms with E-state index in [0.29, 0.717) is 12.8 Å². The van der Waals surface area contributed by atoms with Gasteiger partial charge in [-0.05, 0) is 77.0 Å². The standard InChI is InChI=1S/C65H120O5/c1-3-5-7-9-11-13-15-17-19-21-23-25-27-28-29-30-31-32-33-34-35-36-38-39-41-43-45-47-49-51-53-55-57-59-64(67)69-62-63(61-66)70-65(68)60-58-56-54-52-50-48-46-44-42-40-37-26-24-22-20-18-16-14-12-10-8-6-4-2/h16,18,21-24,37,40,63,66H,3-15,17,19-20,25-36,38-39,41-62H2,1-2H3/b18-16-,23-21-,24-22-,40-37-. The summed E-state index contributed by atoms with van der Waals surface area (Å²) in [4.78, 5) is 24.6. The third-order valence-electron chi connectivity index (χ3n) is 14.1. The van der Waals surface area contributed by atoms with Crippen molar-refractivity contribution in [1.82, 2.24) is 0 Å². The fraction of sp³-hybridized carbons (Fsp3) is 0.846. The lowest BCUT2D eigenvalue weighted by molar-refractivity contribution is -0.161. The molecule has 0 saturated heterocycles. The van der Waals surface area contributed by atoms with Crippen molar-refractivity contribution in [3.8, 4) is 0 Å². The smallest absolute Gasteiger partial charge is 0.306 e. The number of carbonyl (C=O) groups is 2. The Kier molecular flexibility index (Phi) is 59.3. The molecule has 0 spiro atoms.